The maximum absolute atomic E-state index is 11.5. The number of hydrogen-bond donors (Lipinski definition) is 0. The predicted octanol–water partition coefficient (Wildman–Crippen LogP) is 3.08. The molecule has 0 aromatic heterocycles. The van der Waals surface area contributed by atoms with Crippen LogP contribution in [0.1, 0.15) is 54.1 Å². The highest BCUT2D eigenvalue weighted by molar-refractivity contribution is 5.90. The molecule has 0 fully saturated rings. The van der Waals surface area contributed by atoms with Crippen LogP contribution in [0.5, 0.6) is 0 Å². The Balaban J connectivity index is 2.27. The Bertz CT molecular complexity index is 396. The molecule has 0 bridgehead atoms. The van der Waals surface area contributed by atoms with Crippen LogP contribution >= 0.6 is 0 Å². The van der Waals surface area contributed by atoms with E-state index in [1.165, 1.54) is 11.1 Å². The SMILES string of the molecule is CCOC(=O)c1ccc2c(c1)C(C)C2C. The summed E-state index contributed by atoms with van der Waals surface area (Å²) >= 11 is 0. The van der Waals surface area contributed by atoms with Gasteiger partial charge in [0.15, 0.2) is 0 Å². The molecular weight excluding hydrogens is 188 g/mol. The van der Waals surface area contributed by atoms with Crippen LogP contribution < -0.4 is 0 Å². The van der Waals surface area contributed by atoms with Crippen molar-refractivity contribution in [2.75, 3.05) is 6.61 Å². The van der Waals surface area contributed by atoms with Crippen molar-refractivity contribution in [3.05, 3.63) is 34.9 Å². The van der Waals surface area contributed by atoms with Crippen LogP contribution in [0, 0.1) is 0 Å². The molecule has 15 heavy (non-hydrogen) atoms. The van der Waals surface area contributed by atoms with E-state index in [1.54, 1.807) is 0 Å². The molecule has 0 saturated heterocycles. The second-order valence-electron chi connectivity index (χ2n) is 4.14. The van der Waals surface area contributed by atoms with E-state index in [0.717, 1.165) is 0 Å². The fourth-order valence-electron chi connectivity index (χ4n) is 2.17. The topological polar surface area (TPSA) is 26.3 Å². The van der Waals surface area contributed by atoms with Crippen molar-refractivity contribution < 1.29 is 9.53 Å². The van der Waals surface area contributed by atoms with Crippen molar-refractivity contribution in [3.63, 3.8) is 0 Å². The van der Waals surface area contributed by atoms with Gasteiger partial charge >= 0.3 is 5.97 Å². The standard InChI is InChI=1S/C13H16O2/c1-4-15-13(14)10-5-6-11-8(2)9(3)12(11)7-10/h5-9H,4H2,1-3H3. The van der Waals surface area contributed by atoms with E-state index in [9.17, 15) is 4.79 Å². The molecule has 2 atom stereocenters. The third-order valence-electron chi connectivity index (χ3n) is 3.33. The summed E-state index contributed by atoms with van der Waals surface area (Å²) in [5, 5.41) is 0. The molecule has 80 valence electrons. The van der Waals surface area contributed by atoms with Gasteiger partial charge in [0.05, 0.1) is 12.2 Å². The number of esters is 1. The Kier molecular flexibility index (Phi) is 2.51. The minimum atomic E-state index is -0.216. The van der Waals surface area contributed by atoms with E-state index >= 15 is 0 Å². The first-order valence-electron chi connectivity index (χ1n) is 5.46. The van der Waals surface area contributed by atoms with Crippen LogP contribution in [0.4, 0.5) is 0 Å². The molecule has 1 aliphatic carbocycles. The molecular formula is C13H16O2. The average Bonchev–Trinajstić information content (AvgIpc) is 2.27. The molecule has 0 aliphatic heterocycles. The summed E-state index contributed by atoms with van der Waals surface area (Å²) in [6.07, 6.45) is 0. The normalized spacial score (nSPS) is 22.9. The van der Waals surface area contributed by atoms with Crippen LogP contribution in [-0.2, 0) is 4.74 Å². The second-order valence-corrected chi connectivity index (χ2v) is 4.14. The van der Waals surface area contributed by atoms with Gasteiger partial charge in [-0.3, -0.25) is 0 Å². The molecule has 0 N–H and O–H groups in total. The first kappa shape index (κ1) is 10.2. The molecule has 2 rings (SSSR count). The van der Waals surface area contributed by atoms with Gasteiger partial charge in [0.1, 0.15) is 0 Å². The van der Waals surface area contributed by atoms with Gasteiger partial charge in [-0.05, 0) is 42.0 Å². The lowest BCUT2D eigenvalue weighted by atomic mass is 9.69. The summed E-state index contributed by atoms with van der Waals surface area (Å²) in [7, 11) is 0. The van der Waals surface area contributed by atoms with Crippen LogP contribution in [0.2, 0.25) is 0 Å². The maximum atomic E-state index is 11.5. The van der Waals surface area contributed by atoms with Gasteiger partial charge < -0.3 is 4.74 Å². The largest absolute Gasteiger partial charge is 0.462 e. The van der Waals surface area contributed by atoms with Crippen LogP contribution in [0.3, 0.4) is 0 Å². The highest BCUT2D eigenvalue weighted by Gasteiger charge is 2.30. The van der Waals surface area contributed by atoms with Gasteiger partial charge in [0.2, 0.25) is 0 Å². The van der Waals surface area contributed by atoms with Crippen LogP contribution in [0.15, 0.2) is 18.2 Å². The number of hydrogen-bond acceptors (Lipinski definition) is 2. The Labute approximate surface area is 90.3 Å². The molecule has 2 unspecified atom stereocenters. The number of ether oxygens (including phenoxy) is 1. The minimum absolute atomic E-state index is 0.216. The van der Waals surface area contributed by atoms with E-state index in [4.69, 9.17) is 4.74 Å². The lowest BCUT2D eigenvalue weighted by Crippen LogP contribution is -2.20. The van der Waals surface area contributed by atoms with Crippen LogP contribution in [0.25, 0.3) is 0 Å². The van der Waals surface area contributed by atoms with Crippen molar-refractivity contribution >= 4 is 5.97 Å². The number of carbonyl (C=O) groups excluding carboxylic acids is 1. The molecule has 1 aliphatic rings. The average molecular weight is 204 g/mol. The zero-order valence-electron chi connectivity index (χ0n) is 9.41. The van der Waals surface area contributed by atoms with E-state index in [2.05, 4.69) is 13.8 Å². The van der Waals surface area contributed by atoms with Crippen molar-refractivity contribution in [2.24, 2.45) is 0 Å². The smallest absolute Gasteiger partial charge is 0.338 e. The zero-order chi connectivity index (χ0) is 11.0. The highest BCUT2D eigenvalue weighted by Crippen LogP contribution is 2.46. The fraction of sp³-hybridized carbons (Fsp3) is 0.462. The third kappa shape index (κ3) is 1.54. The number of carbonyl (C=O) groups is 1. The summed E-state index contributed by atoms with van der Waals surface area (Å²) in [5.74, 6) is 0.970. The van der Waals surface area contributed by atoms with Gasteiger partial charge in [0, 0.05) is 0 Å². The van der Waals surface area contributed by atoms with Gasteiger partial charge in [-0.1, -0.05) is 19.9 Å². The number of benzene rings is 1. The number of fused-ring (bicyclic) bond motifs is 1. The summed E-state index contributed by atoms with van der Waals surface area (Å²) in [4.78, 5) is 11.5. The Hall–Kier alpha value is -1.31. The molecule has 1 aromatic carbocycles. The molecule has 2 heteroatoms. The lowest BCUT2D eigenvalue weighted by Gasteiger charge is -2.35. The summed E-state index contributed by atoms with van der Waals surface area (Å²) < 4.78 is 4.97. The second kappa shape index (κ2) is 3.69. The molecule has 0 saturated carbocycles. The van der Waals surface area contributed by atoms with Crippen LogP contribution in [-0.4, -0.2) is 12.6 Å². The zero-order valence-corrected chi connectivity index (χ0v) is 9.41. The van der Waals surface area contributed by atoms with Crippen molar-refractivity contribution in [3.8, 4) is 0 Å². The Morgan fingerprint density at radius 2 is 1.93 bits per heavy atom. The van der Waals surface area contributed by atoms with E-state index in [1.807, 2.05) is 25.1 Å². The van der Waals surface area contributed by atoms with E-state index in [-0.39, 0.29) is 5.97 Å². The first-order valence-corrected chi connectivity index (χ1v) is 5.46. The Morgan fingerprint density at radius 3 is 2.60 bits per heavy atom. The molecule has 0 amide bonds. The molecule has 0 spiro atoms. The summed E-state index contributed by atoms with van der Waals surface area (Å²) in [6, 6.07) is 5.88. The van der Waals surface area contributed by atoms with Crippen molar-refractivity contribution in [1.82, 2.24) is 0 Å². The quantitative estimate of drug-likeness (QED) is 0.692. The van der Waals surface area contributed by atoms with Crippen molar-refractivity contribution in [1.29, 1.82) is 0 Å². The molecule has 0 radical (unpaired) electrons. The predicted molar refractivity (Wildman–Crippen MR) is 59.2 cm³/mol. The number of rotatable bonds is 2. The van der Waals surface area contributed by atoms with Gasteiger partial charge in [-0.15, -0.1) is 0 Å². The van der Waals surface area contributed by atoms with E-state index < -0.39 is 0 Å². The van der Waals surface area contributed by atoms with E-state index in [0.29, 0.717) is 24.0 Å². The van der Waals surface area contributed by atoms with Gasteiger partial charge in [0.25, 0.3) is 0 Å². The van der Waals surface area contributed by atoms with Gasteiger partial charge in [-0.2, -0.15) is 0 Å². The lowest BCUT2D eigenvalue weighted by molar-refractivity contribution is 0.0526. The Morgan fingerprint density at radius 1 is 1.27 bits per heavy atom. The first-order chi connectivity index (χ1) is 7.15. The maximum Gasteiger partial charge on any atom is 0.338 e. The molecule has 1 aromatic rings. The molecule has 0 heterocycles. The monoisotopic (exact) mass is 204 g/mol. The minimum Gasteiger partial charge on any atom is -0.462 e. The van der Waals surface area contributed by atoms with Gasteiger partial charge in [-0.25, -0.2) is 4.79 Å². The highest BCUT2D eigenvalue weighted by atomic mass is 16.5. The van der Waals surface area contributed by atoms with Crippen molar-refractivity contribution in [2.45, 2.75) is 32.6 Å². The fourth-order valence-corrected chi connectivity index (χ4v) is 2.17. The molecule has 2 nitrogen and oxygen atoms in total. The third-order valence-corrected chi connectivity index (χ3v) is 3.33. The summed E-state index contributed by atoms with van der Waals surface area (Å²) in [5.41, 5.74) is 3.35. The summed E-state index contributed by atoms with van der Waals surface area (Å²) in [6.45, 7) is 6.67.